The van der Waals surface area contributed by atoms with E-state index in [-0.39, 0.29) is 18.1 Å². The Morgan fingerprint density at radius 2 is 1.93 bits per heavy atom. The van der Waals surface area contributed by atoms with Crippen LogP contribution in [0.15, 0.2) is 48.8 Å². The molecule has 2 amide bonds. The normalized spacial score (nSPS) is 23.3. The van der Waals surface area contributed by atoms with Gasteiger partial charge in [0.25, 0.3) is 5.91 Å². The molecule has 5 heterocycles. The number of benzene rings is 2. The molecule has 1 N–H and O–H groups in total. The lowest BCUT2D eigenvalue weighted by Gasteiger charge is -2.46. The molecular weight excluding hydrogens is 554 g/mol. The lowest BCUT2D eigenvalue weighted by atomic mass is 9.93. The van der Waals surface area contributed by atoms with Crippen LogP contribution in [0.2, 0.25) is 0 Å². The van der Waals surface area contributed by atoms with Gasteiger partial charge in [0.2, 0.25) is 5.95 Å². The number of fused-ring (bicyclic) bond motifs is 9. The highest BCUT2D eigenvalue weighted by Gasteiger charge is 2.44. The van der Waals surface area contributed by atoms with Crippen molar-refractivity contribution in [1.82, 2.24) is 29.7 Å². The van der Waals surface area contributed by atoms with E-state index in [2.05, 4.69) is 31.7 Å². The molecule has 0 aliphatic carbocycles. The molecule has 1 saturated heterocycles. The number of anilines is 1. The summed E-state index contributed by atoms with van der Waals surface area (Å²) >= 11 is 0. The van der Waals surface area contributed by atoms with E-state index in [1.807, 2.05) is 56.9 Å². The van der Waals surface area contributed by atoms with Gasteiger partial charge < -0.3 is 24.4 Å². The van der Waals surface area contributed by atoms with Crippen molar-refractivity contribution in [2.24, 2.45) is 0 Å². The maximum atomic E-state index is 13.8. The zero-order valence-corrected chi connectivity index (χ0v) is 25.3. The van der Waals surface area contributed by atoms with Crippen LogP contribution >= 0.6 is 0 Å². The first-order valence-corrected chi connectivity index (χ1v) is 14.7. The van der Waals surface area contributed by atoms with E-state index >= 15 is 0 Å². The molecule has 10 nitrogen and oxygen atoms in total. The lowest BCUT2D eigenvalue weighted by Crippen LogP contribution is -2.66. The summed E-state index contributed by atoms with van der Waals surface area (Å²) in [6.07, 6.45) is 3.49. The first-order valence-electron chi connectivity index (χ1n) is 16.2. The minimum absolute atomic E-state index is 0.00551. The van der Waals surface area contributed by atoms with Crippen molar-refractivity contribution in [2.45, 2.75) is 70.8 Å². The number of carbonyl (C=O) groups excluding carboxylic acids is 2. The summed E-state index contributed by atoms with van der Waals surface area (Å²) in [5, 5.41) is 2.92. The predicted molar refractivity (Wildman–Crippen MR) is 167 cm³/mol. The minimum Gasteiger partial charge on any atom is -0.444 e. The number of carbonyl (C=O) groups is 2. The molecule has 7 rings (SSSR count). The van der Waals surface area contributed by atoms with Gasteiger partial charge in [-0.1, -0.05) is 18.1 Å². The number of ether oxygens (including phenoxy) is 1. The fourth-order valence-electron chi connectivity index (χ4n) is 6.49. The van der Waals surface area contributed by atoms with E-state index < -0.39 is 30.6 Å². The number of nitrogens with zero attached hydrogens (tertiary/aromatic N) is 6. The fourth-order valence-corrected chi connectivity index (χ4v) is 6.49. The standard InChI is InChI=1S/C34H35N7O3/c1-7-9-20-10-8-11-23-29(20)27-15-28(39(6)31(23)42)30-37-24-13-12-21(14-26(24)41(27)30)22-16-35-32(36-17-22)40-18-25(19(40)2)38-33(43)44-34(3,4)5/h8,10-14,16-17,19,25,27-28H,15,18H2,1-6H3,(H,38,43)/t19-,25+,27-,28-/m1/s1/i6D3. The molecule has 4 atom stereocenters. The van der Waals surface area contributed by atoms with Gasteiger partial charge in [-0.15, -0.1) is 5.92 Å². The third-order valence-electron chi connectivity index (χ3n) is 8.63. The van der Waals surface area contributed by atoms with Crippen LogP contribution in [0.1, 0.15) is 84.5 Å². The Bertz CT molecular complexity index is 1990. The number of alkyl carbamates (subject to hydrolysis) is 1. The maximum absolute atomic E-state index is 13.8. The summed E-state index contributed by atoms with van der Waals surface area (Å²) < 4.78 is 32.3. The van der Waals surface area contributed by atoms with Crippen molar-refractivity contribution in [3.05, 3.63) is 71.3 Å². The van der Waals surface area contributed by atoms with E-state index in [1.165, 1.54) is 0 Å². The van der Waals surface area contributed by atoms with Gasteiger partial charge in [0.05, 0.1) is 35.2 Å². The van der Waals surface area contributed by atoms with Crippen LogP contribution in [-0.2, 0) is 4.74 Å². The number of aromatic nitrogens is 4. The van der Waals surface area contributed by atoms with Gasteiger partial charge in [0.15, 0.2) is 0 Å². The molecule has 0 radical (unpaired) electrons. The van der Waals surface area contributed by atoms with E-state index in [4.69, 9.17) is 13.8 Å². The minimum atomic E-state index is -2.66. The van der Waals surface area contributed by atoms with E-state index in [0.717, 1.165) is 27.1 Å². The molecule has 0 saturated carbocycles. The van der Waals surface area contributed by atoms with Crippen molar-refractivity contribution in [1.29, 1.82) is 0 Å². The summed E-state index contributed by atoms with van der Waals surface area (Å²) in [6, 6.07) is 10.0. The van der Waals surface area contributed by atoms with Crippen molar-refractivity contribution in [3.63, 3.8) is 0 Å². The second-order valence-corrected chi connectivity index (χ2v) is 12.5. The third kappa shape index (κ3) is 4.46. The molecule has 2 aromatic carbocycles. The average molecular weight is 593 g/mol. The first kappa shape index (κ1) is 24.5. The summed E-state index contributed by atoms with van der Waals surface area (Å²) in [5.41, 5.74) is 4.42. The quantitative estimate of drug-likeness (QED) is 0.331. The highest BCUT2D eigenvalue weighted by Crippen LogP contribution is 2.48. The van der Waals surface area contributed by atoms with Gasteiger partial charge in [-0.3, -0.25) is 4.79 Å². The van der Waals surface area contributed by atoms with Crippen LogP contribution in [0.4, 0.5) is 10.7 Å². The van der Waals surface area contributed by atoms with Gasteiger partial charge in [-0.25, -0.2) is 19.7 Å². The molecule has 44 heavy (non-hydrogen) atoms. The smallest absolute Gasteiger partial charge is 0.408 e. The largest absolute Gasteiger partial charge is 0.444 e. The maximum Gasteiger partial charge on any atom is 0.408 e. The highest BCUT2D eigenvalue weighted by molar-refractivity contribution is 5.98. The van der Waals surface area contributed by atoms with Crippen LogP contribution in [0.5, 0.6) is 0 Å². The van der Waals surface area contributed by atoms with Crippen LogP contribution in [0.3, 0.4) is 0 Å². The SMILES string of the molecule is [2H]C([2H])([2H])N1C(=O)c2cccc(C#CC)c2[C@H]2C[C@@H]1c1nc3ccc(-c4cnc(N5C[C@H](NC(=O)OC(C)(C)C)[C@H]5C)nc4)cc3n12. The average Bonchev–Trinajstić information content (AvgIpc) is 3.50. The van der Waals surface area contributed by atoms with Gasteiger partial charge in [-0.2, -0.15) is 0 Å². The van der Waals surface area contributed by atoms with Gasteiger partial charge in [-0.05, 0) is 64.4 Å². The Labute approximate surface area is 260 Å². The number of rotatable bonds is 3. The number of imidazole rings is 1. The molecule has 10 heteroatoms. The van der Waals surface area contributed by atoms with Gasteiger partial charge in [0, 0.05) is 58.7 Å². The summed E-state index contributed by atoms with van der Waals surface area (Å²) in [4.78, 5) is 43.2. The third-order valence-corrected chi connectivity index (χ3v) is 8.63. The Balaban J connectivity index is 1.21. The molecular formula is C34H35N7O3. The zero-order valence-electron chi connectivity index (χ0n) is 28.3. The lowest BCUT2D eigenvalue weighted by molar-refractivity contribution is 0.0481. The zero-order chi connectivity index (χ0) is 33.4. The Hall–Kier alpha value is -4.91. The number of nitrogens with one attached hydrogen (secondary N) is 1. The Morgan fingerprint density at radius 1 is 1.14 bits per heavy atom. The van der Waals surface area contributed by atoms with E-state index in [0.29, 0.717) is 41.4 Å². The molecule has 2 aromatic heterocycles. The number of hydrogen-bond acceptors (Lipinski definition) is 7. The summed E-state index contributed by atoms with van der Waals surface area (Å²) in [5.74, 6) is 6.65. The highest BCUT2D eigenvalue weighted by atomic mass is 16.6. The van der Waals surface area contributed by atoms with Crippen molar-refractivity contribution in [2.75, 3.05) is 18.4 Å². The summed E-state index contributed by atoms with van der Waals surface area (Å²) in [7, 11) is 0. The van der Waals surface area contributed by atoms with Crippen molar-refractivity contribution < 1.29 is 18.4 Å². The number of amides is 2. The van der Waals surface area contributed by atoms with Crippen LogP contribution in [0, 0.1) is 11.8 Å². The predicted octanol–water partition coefficient (Wildman–Crippen LogP) is 5.09. The topological polar surface area (TPSA) is 105 Å². The Kier molecular flexibility index (Phi) is 5.62. The molecule has 2 bridgehead atoms. The second kappa shape index (κ2) is 10.1. The first-order chi connectivity index (χ1) is 22.2. The molecule has 3 aliphatic rings. The van der Waals surface area contributed by atoms with Gasteiger partial charge in [0.1, 0.15) is 11.4 Å². The summed E-state index contributed by atoms with van der Waals surface area (Å²) in [6.45, 7) is 7.15. The van der Waals surface area contributed by atoms with Crippen LogP contribution < -0.4 is 10.2 Å². The molecule has 0 spiro atoms. The monoisotopic (exact) mass is 592 g/mol. The number of hydrogen-bond donors (Lipinski definition) is 1. The van der Waals surface area contributed by atoms with Crippen molar-refractivity contribution >= 4 is 29.0 Å². The molecule has 0 unspecified atom stereocenters. The van der Waals surface area contributed by atoms with Crippen molar-refractivity contribution in [3.8, 4) is 23.0 Å². The van der Waals surface area contributed by atoms with E-state index in [9.17, 15) is 9.59 Å². The van der Waals surface area contributed by atoms with Crippen LogP contribution in [0.25, 0.3) is 22.2 Å². The second-order valence-electron chi connectivity index (χ2n) is 12.5. The van der Waals surface area contributed by atoms with Gasteiger partial charge >= 0.3 is 6.09 Å². The van der Waals surface area contributed by atoms with E-state index in [1.54, 1.807) is 31.5 Å². The molecule has 3 aliphatic heterocycles. The molecule has 224 valence electrons. The molecule has 4 aromatic rings. The molecule has 1 fully saturated rings. The van der Waals surface area contributed by atoms with Crippen LogP contribution in [-0.4, -0.2) is 67.6 Å². The Morgan fingerprint density at radius 3 is 2.64 bits per heavy atom. The fraction of sp³-hybridized carbons (Fsp3) is 0.382.